The number of amides is 1. The van der Waals surface area contributed by atoms with Crippen molar-refractivity contribution in [2.24, 2.45) is 7.05 Å². The van der Waals surface area contributed by atoms with Gasteiger partial charge in [0.05, 0.1) is 12.2 Å². The lowest BCUT2D eigenvalue weighted by atomic mass is 10.1. The van der Waals surface area contributed by atoms with Crippen LogP contribution in [0.5, 0.6) is 0 Å². The molecule has 1 aromatic heterocycles. The largest absolute Gasteiger partial charge is 0.396 e. The molecule has 2 N–H and O–H groups in total. The first kappa shape index (κ1) is 17.6. The highest BCUT2D eigenvalue weighted by Gasteiger charge is 2.28. The Morgan fingerprint density at radius 1 is 1.44 bits per heavy atom. The van der Waals surface area contributed by atoms with Crippen molar-refractivity contribution < 1.29 is 9.90 Å². The van der Waals surface area contributed by atoms with Crippen LogP contribution in [-0.4, -0.2) is 45.4 Å². The maximum atomic E-state index is 12.6. The molecule has 1 unspecified atom stereocenters. The number of benzene rings is 1. The average molecular weight is 342 g/mol. The first-order chi connectivity index (χ1) is 12.1. The van der Waals surface area contributed by atoms with Crippen LogP contribution in [0.4, 0.5) is 5.82 Å². The van der Waals surface area contributed by atoms with Crippen LogP contribution in [0.3, 0.4) is 0 Å². The summed E-state index contributed by atoms with van der Waals surface area (Å²) in [4.78, 5) is 14.7. The molecule has 25 heavy (non-hydrogen) atoms. The molecule has 0 aliphatic heterocycles. The van der Waals surface area contributed by atoms with Crippen molar-refractivity contribution in [3.05, 3.63) is 47.2 Å². The number of anilines is 1. The molecule has 1 heterocycles. The quantitative estimate of drug-likeness (QED) is 0.808. The summed E-state index contributed by atoms with van der Waals surface area (Å²) in [6.45, 7) is 3.04. The first-order valence-electron chi connectivity index (χ1n) is 8.81. The van der Waals surface area contributed by atoms with E-state index < -0.39 is 0 Å². The lowest BCUT2D eigenvalue weighted by molar-refractivity contribution is -0.118. The van der Waals surface area contributed by atoms with E-state index >= 15 is 0 Å². The number of hydrogen-bond donors (Lipinski definition) is 2. The van der Waals surface area contributed by atoms with Gasteiger partial charge in [0.25, 0.3) is 0 Å². The molecule has 0 saturated heterocycles. The zero-order chi connectivity index (χ0) is 17.8. The highest BCUT2D eigenvalue weighted by atomic mass is 16.3. The van der Waals surface area contributed by atoms with Crippen molar-refractivity contribution in [1.82, 2.24) is 14.7 Å². The molecule has 3 rings (SSSR count). The van der Waals surface area contributed by atoms with E-state index in [1.54, 1.807) is 4.68 Å². The smallest absolute Gasteiger partial charge is 0.239 e. The second kappa shape index (κ2) is 7.80. The molecule has 6 heteroatoms. The Kier molecular flexibility index (Phi) is 5.50. The third-order valence-corrected chi connectivity index (χ3v) is 4.76. The van der Waals surface area contributed by atoms with Gasteiger partial charge in [-0.3, -0.25) is 14.4 Å². The number of aromatic nitrogens is 2. The molecule has 6 nitrogen and oxygen atoms in total. The number of aliphatic hydroxyl groups excluding tert-OH is 1. The van der Waals surface area contributed by atoms with Crippen LogP contribution < -0.4 is 5.32 Å². The average Bonchev–Trinajstić information content (AvgIpc) is 3.14. The number of hydrogen-bond acceptors (Lipinski definition) is 4. The van der Waals surface area contributed by atoms with Gasteiger partial charge in [-0.25, -0.2) is 0 Å². The van der Waals surface area contributed by atoms with Crippen LogP contribution in [0.1, 0.15) is 35.7 Å². The molecule has 1 amide bonds. The fourth-order valence-electron chi connectivity index (χ4n) is 3.63. The Hall–Kier alpha value is -2.18. The van der Waals surface area contributed by atoms with Crippen molar-refractivity contribution >= 4 is 11.7 Å². The summed E-state index contributed by atoms with van der Waals surface area (Å²) in [7, 11) is 1.82. The van der Waals surface area contributed by atoms with E-state index in [0.717, 1.165) is 18.5 Å². The van der Waals surface area contributed by atoms with Gasteiger partial charge in [-0.15, -0.1) is 0 Å². The summed E-state index contributed by atoms with van der Waals surface area (Å²) in [6.07, 6.45) is 2.72. The molecule has 134 valence electrons. The summed E-state index contributed by atoms with van der Waals surface area (Å²) in [6, 6.07) is 10.5. The van der Waals surface area contributed by atoms with Gasteiger partial charge in [-0.1, -0.05) is 24.3 Å². The maximum absolute atomic E-state index is 12.6. The molecule has 1 atom stereocenters. The molecule has 1 aromatic carbocycles. The Bertz CT molecular complexity index is 741. The highest BCUT2D eigenvalue weighted by Crippen LogP contribution is 2.35. The molecule has 0 spiro atoms. The molecule has 1 aliphatic rings. The molecule has 2 aromatic rings. The molecule has 0 radical (unpaired) electrons. The van der Waals surface area contributed by atoms with Gasteiger partial charge in [0, 0.05) is 32.3 Å². The predicted molar refractivity (Wildman–Crippen MR) is 97.4 cm³/mol. The van der Waals surface area contributed by atoms with Crippen molar-refractivity contribution in [1.29, 1.82) is 0 Å². The van der Waals surface area contributed by atoms with E-state index in [9.17, 15) is 9.90 Å². The topological polar surface area (TPSA) is 70.4 Å². The van der Waals surface area contributed by atoms with Gasteiger partial charge >= 0.3 is 0 Å². The van der Waals surface area contributed by atoms with Crippen LogP contribution in [-0.2, 0) is 18.3 Å². The normalized spacial score (nSPS) is 16.2. The molecule has 0 fully saturated rings. The van der Waals surface area contributed by atoms with Crippen molar-refractivity contribution in [2.75, 3.05) is 25.0 Å². The minimum atomic E-state index is -0.0506. The number of fused-ring (bicyclic) bond motifs is 1. The van der Waals surface area contributed by atoms with Crippen molar-refractivity contribution in [2.45, 2.75) is 32.2 Å². The molecule has 1 aliphatic carbocycles. The maximum Gasteiger partial charge on any atom is 0.239 e. The van der Waals surface area contributed by atoms with E-state index in [0.29, 0.717) is 25.3 Å². The summed E-state index contributed by atoms with van der Waals surface area (Å²) >= 11 is 0. The molecule has 0 saturated carbocycles. The summed E-state index contributed by atoms with van der Waals surface area (Å²) < 4.78 is 1.68. The van der Waals surface area contributed by atoms with E-state index in [1.807, 2.05) is 20.0 Å². The van der Waals surface area contributed by atoms with Crippen LogP contribution in [0.2, 0.25) is 0 Å². The number of aliphatic hydroxyl groups is 1. The lowest BCUT2D eigenvalue weighted by Gasteiger charge is -2.29. The van der Waals surface area contributed by atoms with Gasteiger partial charge in [-0.05, 0) is 37.3 Å². The number of carbonyl (C=O) groups is 1. The van der Waals surface area contributed by atoms with Gasteiger partial charge in [-0.2, -0.15) is 5.10 Å². The second-order valence-corrected chi connectivity index (χ2v) is 6.64. The Labute approximate surface area is 148 Å². The molecular weight excluding hydrogens is 316 g/mol. The third kappa shape index (κ3) is 4.08. The standard InChI is InChI=1S/C19H26N4O2/c1-14-12-18(22(2)21-14)20-19(25)13-23(10-5-11-24)17-9-8-15-6-3-4-7-16(15)17/h3-4,6-7,12,17,24H,5,8-11,13H2,1-2H3,(H,20,25). The highest BCUT2D eigenvalue weighted by molar-refractivity contribution is 5.91. The number of aryl methyl sites for hydroxylation is 3. The summed E-state index contributed by atoms with van der Waals surface area (Å²) in [5.74, 6) is 0.654. The van der Waals surface area contributed by atoms with Gasteiger partial charge in [0.15, 0.2) is 0 Å². The third-order valence-electron chi connectivity index (χ3n) is 4.76. The van der Waals surface area contributed by atoms with E-state index in [2.05, 4.69) is 39.6 Å². The van der Waals surface area contributed by atoms with Crippen LogP contribution >= 0.6 is 0 Å². The Balaban J connectivity index is 1.71. The summed E-state index contributed by atoms with van der Waals surface area (Å²) in [5, 5.41) is 16.4. The fraction of sp³-hybridized carbons (Fsp3) is 0.474. The van der Waals surface area contributed by atoms with E-state index in [-0.39, 0.29) is 18.6 Å². The molecule has 0 bridgehead atoms. The van der Waals surface area contributed by atoms with Gasteiger partial charge in [0.1, 0.15) is 5.82 Å². The number of rotatable bonds is 7. The summed E-state index contributed by atoms with van der Waals surface area (Å²) in [5.41, 5.74) is 3.55. The van der Waals surface area contributed by atoms with Crippen LogP contribution in [0.25, 0.3) is 0 Å². The second-order valence-electron chi connectivity index (χ2n) is 6.64. The van der Waals surface area contributed by atoms with Crippen LogP contribution in [0.15, 0.2) is 30.3 Å². The van der Waals surface area contributed by atoms with Gasteiger partial charge < -0.3 is 10.4 Å². The van der Waals surface area contributed by atoms with E-state index in [1.165, 1.54) is 11.1 Å². The van der Waals surface area contributed by atoms with Crippen LogP contribution in [0, 0.1) is 6.92 Å². The van der Waals surface area contributed by atoms with E-state index in [4.69, 9.17) is 0 Å². The number of nitrogens with one attached hydrogen (secondary N) is 1. The number of carbonyl (C=O) groups excluding carboxylic acids is 1. The predicted octanol–water partition coefficient (Wildman–Crippen LogP) is 2.04. The zero-order valence-electron chi connectivity index (χ0n) is 14.9. The zero-order valence-corrected chi connectivity index (χ0v) is 14.9. The van der Waals surface area contributed by atoms with Crippen molar-refractivity contribution in [3.63, 3.8) is 0 Å². The minimum Gasteiger partial charge on any atom is -0.396 e. The Morgan fingerprint density at radius 2 is 2.24 bits per heavy atom. The number of nitrogens with zero attached hydrogens (tertiary/aromatic N) is 3. The molecular formula is C19H26N4O2. The fourth-order valence-corrected chi connectivity index (χ4v) is 3.63. The first-order valence-corrected chi connectivity index (χ1v) is 8.81. The lowest BCUT2D eigenvalue weighted by Crippen LogP contribution is -2.37. The van der Waals surface area contributed by atoms with Crippen molar-refractivity contribution in [3.8, 4) is 0 Å². The monoisotopic (exact) mass is 342 g/mol. The minimum absolute atomic E-state index is 0.0506. The van der Waals surface area contributed by atoms with Gasteiger partial charge in [0.2, 0.25) is 5.91 Å². The Morgan fingerprint density at radius 3 is 2.96 bits per heavy atom. The SMILES string of the molecule is Cc1cc(NC(=O)CN(CCCO)C2CCc3ccccc32)n(C)n1.